The molecule has 0 atom stereocenters. The maximum Gasteiger partial charge on any atom is 0.0576 e. The van der Waals surface area contributed by atoms with Gasteiger partial charge in [-0.25, -0.2) is 0 Å². The zero-order valence-corrected chi connectivity index (χ0v) is 11.8. The van der Waals surface area contributed by atoms with Gasteiger partial charge in [-0.2, -0.15) is 5.10 Å². The van der Waals surface area contributed by atoms with Crippen LogP contribution in [0.3, 0.4) is 0 Å². The molecule has 0 fully saturated rings. The molecule has 1 heterocycles. The first-order chi connectivity index (χ1) is 9.74. The Hall–Kier alpha value is -2.26. The monoisotopic (exact) mass is 283 g/mol. The molecule has 0 spiro atoms. The van der Waals surface area contributed by atoms with Gasteiger partial charge in [0.25, 0.3) is 0 Å². The molecule has 0 aliphatic heterocycles. The second kappa shape index (κ2) is 5.39. The van der Waals surface area contributed by atoms with E-state index in [0.29, 0.717) is 0 Å². The molecule has 3 rings (SSSR count). The molecule has 0 amide bonds. The van der Waals surface area contributed by atoms with Gasteiger partial charge in [0.05, 0.1) is 11.9 Å². The first-order valence-electron chi connectivity index (χ1n) is 6.35. The second-order valence-electron chi connectivity index (χ2n) is 4.62. The maximum atomic E-state index is 6.07. The fourth-order valence-electron chi connectivity index (χ4n) is 2.04. The van der Waals surface area contributed by atoms with Gasteiger partial charge in [-0.3, -0.25) is 5.43 Å². The number of hydrogen-bond acceptors (Lipinski definition) is 2. The first kappa shape index (κ1) is 12.8. The van der Waals surface area contributed by atoms with Gasteiger partial charge < -0.3 is 4.98 Å². The van der Waals surface area contributed by atoms with E-state index >= 15 is 0 Å². The third-order valence-electron chi connectivity index (χ3n) is 3.19. The number of fused-ring (bicyclic) bond motifs is 1. The van der Waals surface area contributed by atoms with Crippen LogP contribution in [0.1, 0.15) is 11.1 Å². The average Bonchev–Trinajstić information content (AvgIpc) is 2.86. The van der Waals surface area contributed by atoms with Gasteiger partial charge >= 0.3 is 0 Å². The Morgan fingerprint density at radius 3 is 2.90 bits per heavy atom. The van der Waals surface area contributed by atoms with Crippen LogP contribution >= 0.6 is 11.6 Å². The van der Waals surface area contributed by atoms with E-state index in [2.05, 4.69) is 21.6 Å². The van der Waals surface area contributed by atoms with Gasteiger partial charge in [0.2, 0.25) is 0 Å². The molecule has 4 heteroatoms. The number of rotatable bonds is 3. The molecule has 0 saturated heterocycles. The molecule has 0 radical (unpaired) electrons. The van der Waals surface area contributed by atoms with Gasteiger partial charge in [-0.15, -0.1) is 0 Å². The third-order valence-corrected chi connectivity index (χ3v) is 3.60. The number of para-hydroxylation sites is 1. The van der Waals surface area contributed by atoms with Crippen LogP contribution in [0.4, 0.5) is 5.69 Å². The van der Waals surface area contributed by atoms with E-state index in [1.165, 1.54) is 0 Å². The molecule has 20 heavy (non-hydrogen) atoms. The van der Waals surface area contributed by atoms with Gasteiger partial charge in [0, 0.05) is 27.7 Å². The molecule has 0 aliphatic carbocycles. The van der Waals surface area contributed by atoms with E-state index < -0.39 is 0 Å². The smallest absolute Gasteiger partial charge is 0.0576 e. The number of aromatic amines is 1. The summed E-state index contributed by atoms with van der Waals surface area (Å²) >= 11 is 6.07. The van der Waals surface area contributed by atoms with E-state index in [9.17, 15) is 0 Å². The van der Waals surface area contributed by atoms with Crippen molar-refractivity contribution >= 4 is 34.4 Å². The largest absolute Gasteiger partial charge is 0.361 e. The van der Waals surface area contributed by atoms with Crippen molar-refractivity contribution in [2.45, 2.75) is 6.92 Å². The van der Waals surface area contributed by atoms with Crippen molar-refractivity contribution in [2.24, 2.45) is 5.10 Å². The first-order valence-corrected chi connectivity index (χ1v) is 6.73. The van der Waals surface area contributed by atoms with Crippen LogP contribution in [0.15, 0.2) is 53.8 Å². The van der Waals surface area contributed by atoms with E-state index in [1.54, 1.807) is 6.21 Å². The predicted molar refractivity (Wildman–Crippen MR) is 85.7 cm³/mol. The zero-order chi connectivity index (χ0) is 13.9. The molecule has 1 aromatic heterocycles. The van der Waals surface area contributed by atoms with Crippen LogP contribution < -0.4 is 5.43 Å². The molecule has 0 unspecified atom stereocenters. The highest BCUT2D eigenvalue weighted by atomic mass is 35.5. The molecule has 2 N–H and O–H groups in total. The van der Waals surface area contributed by atoms with Crippen LogP contribution in [0.25, 0.3) is 10.9 Å². The highest BCUT2D eigenvalue weighted by molar-refractivity contribution is 6.31. The summed E-state index contributed by atoms with van der Waals surface area (Å²) in [4.78, 5) is 3.21. The number of nitrogens with zero attached hydrogens (tertiary/aromatic N) is 1. The summed E-state index contributed by atoms with van der Waals surface area (Å²) in [5, 5.41) is 6.14. The molecule has 3 nitrogen and oxygen atoms in total. The number of hydrogen-bond donors (Lipinski definition) is 2. The van der Waals surface area contributed by atoms with Gasteiger partial charge in [-0.1, -0.05) is 35.9 Å². The van der Waals surface area contributed by atoms with E-state index in [0.717, 1.165) is 32.7 Å². The topological polar surface area (TPSA) is 40.2 Å². The van der Waals surface area contributed by atoms with Crippen molar-refractivity contribution in [1.29, 1.82) is 0 Å². The minimum Gasteiger partial charge on any atom is -0.361 e. The van der Waals surface area contributed by atoms with Crippen molar-refractivity contribution in [3.05, 3.63) is 64.8 Å². The zero-order valence-electron chi connectivity index (χ0n) is 11.0. The number of benzene rings is 2. The van der Waals surface area contributed by atoms with Gasteiger partial charge in [0.1, 0.15) is 0 Å². The van der Waals surface area contributed by atoms with Crippen LogP contribution in [0.2, 0.25) is 5.02 Å². The van der Waals surface area contributed by atoms with Crippen molar-refractivity contribution < 1.29 is 0 Å². The lowest BCUT2D eigenvalue weighted by Gasteiger charge is -2.02. The van der Waals surface area contributed by atoms with Crippen molar-refractivity contribution in [3.8, 4) is 0 Å². The number of halogens is 1. The summed E-state index contributed by atoms with van der Waals surface area (Å²) in [5.74, 6) is 0. The normalized spacial score (nSPS) is 11.3. The molecule has 0 aliphatic rings. The number of H-pyrrole nitrogens is 1. The standard InChI is InChI=1S/C16H14ClN3/c1-11-6-7-13(8-15(11)17)20-19-10-12-9-18-16-5-3-2-4-14(12)16/h2-10,18,20H,1H3/b19-10+. The quantitative estimate of drug-likeness (QED) is 0.536. The summed E-state index contributed by atoms with van der Waals surface area (Å²) in [6.45, 7) is 1.97. The highest BCUT2D eigenvalue weighted by Crippen LogP contribution is 2.20. The lowest BCUT2D eigenvalue weighted by Crippen LogP contribution is -1.90. The van der Waals surface area contributed by atoms with Crippen molar-refractivity contribution in [3.63, 3.8) is 0 Å². The van der Waals surface area contributed by atoms with Crippen LogP contribution in [-0.4, -0.2) is 11.2 Å². The Balaban J connectivity index is 1.79. The average molecular weight is 284 g/mol. The number of anilines is 1. The number of hydrazone groups is 1. The molecule has 0 bridgehead atoms. The van der Waals surface area contributed by atoms with Gasteiger partial charge in [0.15, 0.2) is 0 Å². The Bertz CT molecular complexity index is 774. The minimum atomic E-state index is 0.734. The number of aryl methyl sites for hydroxylation is 1. The highest BCUT2D eigenvalue weighted by Gasteiger charge is 2.00. The lowest BCUT2D eigenvalue weighted by atomic mass is 10.2. The van der Waals surface area contributed by atoms with Crippen LogP contribution in [0, 0.1) is 6.92 Å². The molecule has 100 valence electrons. The molecule has 2 aromatic carbocycles. The number of aromatic nitrogens is 1. The Morgan fingerprint density at radius 2 is 2.05 bits per heavy atom. The second-order valence-corrected chi connectivity index (χ2v) is 5.03. The fourth-order valence-corrected chi connectivity index (χ4v) is 2.22. The molecule has 3 aromatic rings. The van der Waals surface area contributed by atoms with Crippen molar-refractivity contribution in [2.75, 3.05) is 5.43 Å². The Morgan fingerprint density at radius 1 is 1.20 bits per heavy atom. The van der Waals surface area contributed by atoms with E-state index in [-0.39, 0.29) is 0 Å². The van der Waals surface area contributed by atoms with Crippen LogP contribution in [-0.2, 0) is 0 Å². The molecule has 0 saturated carbocycles. The maximum absolute atomic E-state index is 6.07. The lowest BCUT2D eigenvalue weighted by molar-refractivity contribution is 1.34. The third kappa shape index (κ3) is 2.53. The predicted octanol–water partition coefficient (Wildman–Crippen LogP) is 4.58. The number of nitrogens with one attached hydrogen (secondary N) is 2. The van der Waals surface area contributed by atoms with Crippen molar-refractivity contribution in [1.82, 2.24) is 4.98 Å². The Labute approximate surface area is 122 Å². The minimum absolute atomic E-state index is 0.734. The van der Waals surface area contributed by atoms with Crippen LogP contribution in [0.5, 0.6) is 0 Å². The van der Waals surface area contributed by atoms with E-state index in [1.807, 2.05) is 49.5 Å². The molecular weight excluding hydrogens is 270 g/mol. The summed E-state index contributed by atoms with van der Waals surface area (Å²) in [7, 11) is 0. The Kier molecular flexibility index (Phi) is 3.44. The summed E-state index contributed by atoms with van der Waals surface area (Å²) in [6, 6.07) is 13.9. The summed E-state index contributed by atoms with van der Waals surface area (Å²) in [5.41, 5.74) is 7.06. The summed E-state index contributed by atoms with van der Waals surface area (Å²) < 4.78 is 0. The van der Waals surface area contributed by atoms with Gasteiger partial charge in [-0.05, 0) is 30.7 Å². The van der Waals surface area contributed by atoms with E-state index in [4.69, 9.17) is 11.6 Å². The molecular formula is C16H14ClN3. The summed E-state index contributed by atoms with van der Waals surface area (Å²) in [6.07, 6.45) is 3.74. The fraction of sp³-hybridized carbons (Fsp3) is 0.0625. The SMILES string of the molecule is Cc1ccc(N/N=C/c2c[nH]c3ccccc23)cc1Cl.